The van der Waals surface area contributed by atoms with Crippen LogP contribution in [0.15, 0.2) is 0 Å². The van der Waals surface area contributed by atoms with Gasteiger partial charge in [0.2, 0.25) is 5.91 Å². The lowest BCUT2D eigenvalue weighted by Crippen LogP contribution is -2.54. The van der Waals surface area contributed by atoms with Gasteiger partial charge in [0.25, 0.3) is 0 Å². The van der Waals surface area contributed by atoms with E-state index in [0.717, 1.165) is 19.3 Å². The molecule has 1 aliphatic carbocycles. The fraction of sp³-hybridized carbons (Fsp3) is 0.909. The van der Waals surface area contributed by atoms with Gasteiger partial charge in [-0.3, -0.25) is 4.79 Å². The molecule has 2 unspecified atom stereocenters. The molecule has 0 aromatic rings. The monoisotopic (exact) mass is 212 g/mol. The first-order valence-electron chi connectivity index (χ1n) is 5.79. The average molecular weight is 212 g/mol. The highest BCUT2D eigenvalue weighted by molar-refractivity contribution is 5.89. The van der Waals surface area contributed by atoms with Crippen molar-refractivity contribution in [1.82, 2.24) is 4.90 Å². The SMILES string of the molecule is CCC1CN(C(=O)C2(N)CC2)CC(C)O1. The van der Waals surface area contributed by atoms with Crippen molar-refractivity contribution in [2.45, 2.75) is 50.9 Å². The molecule has 1 saturated carbocycles. The van der Waals surface area contributed by atoms with E-state index in [1.54, 1.807) is 0 Å². The number of carbonyl (C=O) groups is 1. The summed E-state index contributed by atoms with van der Waals surface area (Å²) in [6.45, 7) is 5.49. The van der Waals surface area contributed by atoms with Gasteiger partial charge < -0.3 is 15.4 Å². The van der Waals surface area contributed by atoms with Crippen LogP contribution in [0.4, 0.5) is 0 Å². The third-order valence-electron chi connectivity index (χ3n) is 3.28. The molecule has 0 radical (unpaired) electrons. The van der Waals surface area contributed by atoms with Gasteiger partial charge in [-0.05, 0) is 26.2 Å². The Morgan fingerprint density at radius 1 is 1.53 bits per heavy atom. The van der Waals surface area contributed by atoms with E-state index in [9.17, 15) is 4.79 Å². The zero-order chi connectivity index (χ0) is 11.1. The van der Waals surface area contributed by atoms with Gasteiger partial charge >= 0.3 is 0 Å². The molecule has 0 aromatic carbocycles. The number of amides is 1. The van der Waals surface area contributed by atoms with Crippen LogP contribution in [-0.2, 0) is 9.53 Å². The Labute approximate surface area is 90.8 Å². The van der Waals surface area contributed by atoms with Crippen molar-refractivity contribution in [2.75, 3.05) is 13.1 Å². The lowest BCUT2D eigenvalue weighted by molar-refractivity contribution is -0.146. The summed E-state index contributed by atoms with van der Waals surface area (Å²) in [7, 11) is 0. The zero-order valence-corrected chi connectivity index (χ0v) is 9.53. The van der Waals surface area contributed by atoms with E-state index in [4.69, 9.17) is 10.5 Å². The fourth-order valence-corrected chi connectivity index (χ4v) is 2.10. The van der Waals surface area contributed by atoms with Crippen molar-refractivity contribution >= 4 is 5.91 Å². The summed E-state index contributed by atoms with van der Waals surface area (Å²) in [6.07, 6.45) is 2.95. The predicted octanol–water partition coefficient (Wildman–Crippen LogP) is 0.504. The van der Waals surface area contributed by atoms with Crippen LogP contribution in [0.25, 0.3) is 0 Å². The van der Waals surface area contributed by atoms with Gasteiger partial charge in [0.15, 0.2) is 0 Å². The third-order valence-corrected chi connectivity index (χ3v) is 3.28. The molecule has 15 heavy (non-hydrogen) atoms. The third kappa shape index (κ3) is 2.16. The van der Waals surface area contributed by atoms with Crippen molar-refractivity contribution in [2.24, 2.45) is 5.73 Å². The molecule has 1 saturated heterocycles. The Kier molecular flexibility index (Phi) is 2.73. The van der Waals surface area contributed by atoms with Crippen LogP contribution in [0.2, 0.25) is 0 Å². The van der Waals surface area contributed by atoms with Crippen LogP contribution in [0.1, 0.15) is 33.1 Å². The number of carbonyl (C=O) groups excluding carboxylic acids is 1. The van der Waals surface area contributed by atoms with E-state index in [0.29, 0.717) is 13.1 Å². The minimum Gasteiger partial charge on any atom is -0.372 e. The normalized spacial score (nSPS) is 33.9. The Hall–Kier alpha value is -0.610. The Morgan fingerprint density at radius 3 is 2.73 bits per heavy atom. The highest BCUT2D eigenvalue weighted by Gasteiger charge is 2.49. The summed E-state index contributed by atoms with van der Waals surface area (Å²) in [5.41, 5.74) is 5.39. The van der Waals surface area contributed by atoms with Crippen LogP contribution in [0, 0.1) is 0 Å². The van der Waals surface area contributed by atoms with Gasteiger partial charge in [-0.2, -0.15) is 0 Å². The second-order valence-electron chi connectivity index (χ2n) is 4.84. The zero-order valence-electron chi connectivity index (χ0n) is 9.53. The molecular formula is C11H20N2O2. The molecule has 2 N–H and O–H groups in total. The number of nitrogens with two attached hydrogens (primary N) is 1. The highest BCUT2D eigenvalue weighted by Crippen LogP contribution is 2.34. The largest absolute Gasteiger partial charge is 0.372 e. The molecule has 2 rings (SSSR count). The quantitative estimate of drug-likeness (QED) is 0.725. The van der Waals surface area contributed by atoms with Gasteiger partial charge in [-0.15, -0.1) is 0 Å². The maximum atomic E-state index is 12.0. The summed E-state index contributed by atoms with van der Waals surface area (Å²) in [6, 6.07) is 0. The van der Waals surface area contributed by atoms with Crippen molar-refractivity contribution in [3.63, 3.8) is 0 Å². The van der Waals surface area contributed by atoms with Crippen molar-refractivity contribution < 1.29 is 9.53 Å². The first-order chi connectivity index (χ1) is 7.05. The van der Waals surface area contributed by atoms with Crippen molar-refractivity contribution in [3.05, 3.63) is 0 Å². The second kappa shape index (κ2) is 3.76. The second-order valence-corrected chi connectivity index (χ2v) is 4.84. The molecule has 4 nitrogen and oxygen atoms in total. The molecule has 0 bridgehead atoms. The van der Waals surface area contributed by atoms with Gasteiger partial charge in [0, 0.05) is 13.1 Å². The first-order valence-corrected chi connectivity index (χ1v) is 5.79. The standard InChI is InChI=1S/C11H20N2O2/c1-3-9-7-13(6-8(2)15-9)10(14)11(12)4-5-11/h8-9H,3-7,12H2,1-2H3. The van der Waals surface area contributed by atoms with Gasteiger partial charge in [-0.1, -0.05) is 6.92 Å². The van der Waals surface area contributed by atoms with E-state index >= 15 is 0 Å². The Bertz CT molecular complexity index is 263. The molecule has 1 aliphatic heterocycles. The first kappa shape index (κ1) is 10.9. The van der Waals surface area contributed by atoms with Crippen molar-refractivity contribution in [3.8, 4) is 0 Å². The van der Waals surface area contributed by atoms with E-state index in [2.05, 4.69) is 6.92 Å². The predicted molar refractivity (Wildman–Crippen MR) is 57.4 cm³/mol. The number of hydrogen-bond donors (Lipinski definition) is 1. The lowest BCUT2D eigenvalue weighted by atomic mass is 10.1. The van der Waals surface area contributed by atoms with Crippen molar-refractivity contribution in [1.29, 1.82) is 0 Å². The number of nitrogens with zero attached hydrogens (tertiary/aromatic N) is 1. The maximum Gasteiger partial charge on any atom is 0.242 e. The fourth-order valence-electron chi connectivity index (χ4n) is 2.10. The van der Waals surface area contributed by atoms with E-state index < -0.39 is 5.54 Å². The number of hydrogen-bond acceptors (Lipinski definition) is 3. The van der Waals surface area contributed by atoms with E-state index in [1.807, 2.05) is 11.8 Å². The molecule has 0 aromatic heterocycles. The molecule has 4 heteroatoms. The molecule has 2 aliphatic rings. The van der Waals surface area contributed by atoms with Gasteiger partial charge in [0.05, 0.1) is 17.7 Å². The summed E-state index contributed by atoms with van der Waals surface area (Å²) < 4.78 is 5.71. The molecule has 0 spiro atoms. The minimum atomic E-state index is -0.532. The van der Waals surface area contributed by atoms with Gasteiger partial charge in [-0.25, -0.2) is 0 Å². The number of ether oxygens (including phenoxy) is 1. The topological polar surface area (TPSA) is 55.6 Å². The highest BCUT2D eigenvalue weighted by atomic mass is 16.5. The van der Waals surface area contributed by atoms with E-state index in [-0.39, 0.29) is 18.1 Å². The number of morpholine rings is 1. The van der Waals surface area contributed by atoms with E-state index in [1.165, 1.54) is 0 Å². The Morgan fingerprint density at radius 2 is 2.20 bits per heavy atom. The summed E-state index contributed by atoms with van der Waals surface area (Å²) >= 11 is 0. The molecular weight excluding hydrogens is 192 g/mol. The summed E-state index contributed by atoms with van der Waals surface area (Å²) in [5.74, 6) is 0.121. The average Bonchev–Trinajstić information content (AvgIpc) is 2.95. The molecule has 86 valence electrons. The van der Waals surface area contributed by atoms with Crippen LogP contribution in [0.5, 0.6) is 0 Å². The summed E-state index contributed by atoms with van der Waals surface area (Å²) in [5, 5.41) is 0. The lowest BCUT2D eigenvalue weighted by Gasteiger charge is -2.37. The summed E-state index contributed by atoms with van der Waals surface area (Å²) in [4.78, 5) is 13.9. The van der Waals surface area contributed by atoms with Crippen LogP contribution < -0.4 is 5.73 Å². The van der Waals surface area contributed by atoms with Gasteiger partial charge in [0.1, 0.15) is 0 Å². The Balaban J connectivity index is 1.99. The number of rotatable bonds is 2. The van der Waals surface area contributed by atoms with Crippen LogP contribution >= 0.6 is 0 Å². The molecule has 2 atom stereocenters. The maximum absolute atomic E-state index is 12.0. The van der Waals surface area contributed by atoms with Crippen LogP contribution in [0.3, 0.4) is 0 Å². The van der Waals surface area contributed by atoms with Crippen LogP contribution in [-0.4, -0.2) is 41.6 Å². The molecule has 1 amide bonds. The smallest absolute Gasteiger partial charge is 0.242 e. The molecule has 2 fully saturated rings. The minimum absolute atomic E-state index is 0.121. The molecule has 1 heterocycles.